The number of carbonyl (C=O) groups is 1. The Bertz CT molecular complexity index is 881. The normalized spacial score (nSPS) is 18.1. The maximum Gasteiger partial charge on any atom is 0.230 e. The third kappa shape index (κ3) is 3.46. The molecule has 1 aromatic carbocycles. The van der Waals surface area contributed by atoms with Gasteiger partial charge in [0.25, 0.3) is 0 Å². The van der Waals surface area contributed by atoms with Crippen LogP contribution in [-0.2, 0) is 11.2 Å². The Hall–Kier alpha value is -2.90. The molecule has 2 fully saturated rings. The van der Waals surface area contributed by atoms with E-state index in [0.29, 0.717) is 25.5 Å². The van der Waals surface area contributed by atoms with Gasteiger partial charge in [0, 0.05) is 19.1 Å². The Morgan fingerprint density at radius 2 is 2.21 bits per heavy atom. The molecule has 0 radical (unpaired) electrons. The van der Waals surface area contributed by atoms with E-state index in [1.807, 2.05) is 29.2 Å². The van der Waals surface area contributed by atoms with Crippen LogP contribution in [0.4, 0.5) is 16.2 Å². The van der Waals surface area contributed by atoms with Gasteiger partial charge in [-0.25, -0.2) is 9.37 Å². The number of nitrogens with two attached hydrogens (primary N) is 1. The molecule has 2 heterocycles. The van der Waals surface area contributed by atoms with E-state index in [2.05, 4.69) is 15.3 Å². The van der Waals surface area contributed by atoms with Crippen LogP contribution in [0.25, 0.3) is 0 Å². The average Bonchev–Trinajstić information content (AvgIpc) is 2.63. The van der Waals surface area contributed by atoms with E-state index in [-0.39, 0.29) is 17.8 Å². The minimum absolute atomic E-state index is 0.0475. The second-order valence-corrected chi connectivity index (χ2v) is 7.67. The largest absolute Gasteiger partial charge is 0.497 e. The maximum atomic E-state index is 13.4. The van der Waals surface area contributed by atoms with E-state index < -0.39 is 11.2 Å². The molecular weight excluding hydrogens is 361 g/mol. The van der Waals surface area contributed by atoms with Gasteiger partial charge < -0.3 is 20.7 Å². The third-order valence-corrected chi connectivity index (χ3v) is 5.63. The first kappa shape index (κ1) is 18.5. The number of nitrogens with one attached hydrogen (secondary N) is 1. The lowest BCUT2D eigenvalue weighted by atomic mass is 9.73. The molecule has 148 valence electrons. The molecule has 0 spiro atoms. The van der Waals surface area contributed by atoms with Crippen LogP contribution >= 0.6 is 0 Å². The number of rotatable bonds is 6. The summed E-state index contributed by atoms with van der Waals surface area (Å²) in [6.45, 7) is 0.904. The quantitative estimate of drug-likeness (QED) is 0.789. The molecule has 0 atom stereocenters. The summed E-state index contributed by atoms with van der Waals surface area (Å²) >= 11 is 0. The monoisotopic (exact) mass is 385 g/mol. The minimum atomic E-state index is -0.644. The fraction of sp³-hybridized carbons (Fsp3) is 0.450. The number of benzene rings is 1. The molecule has 8 heteroatoms. The summed E-state index contributed by atoms with van der Waals surface area (Å²) in [5.41, 5.74) is 6.01. The number of hydrogen-bond donors (Lipinski definition) is 2. The number of halogens is 1. The molecule has 0 unspecified atom stereocenters. The molecule has 7 nitrogen and oxygen atoms in total. The molecule has 1 aliphatic carbocycles. The number of anilines is 2. The Balaban J connectivity index is 1.54. The molecule has 28 heavy (non-hydrogen) atoms. The van der Waals surface area contributed by atoms with Gasteiger partial charge in [0.1, 0.15) is 5.75 Å². The number of nitrogens with zero attached hydrogens (tertiary/aromatic N) is 3. The average molecular weight is 385 g/mol. The summed E-state index contributed by atoms with van der Waals surface area (Å²) in [5, 5.41) is 3.18. The van der Waals surface area contributed by atoms with Crippen LogP contribution in [0.2, 0.25) is 0 Å². The van der Waals surface area contributed by atoms with E-state index >= 15 is 0 Å². The van der Waals surface area contributed by atoms with E-state index in [4.69, 9.17) is 10.5 Å². The summed E-state index contributed by atoms with van der Waals surface area (Å²) in [7, 11) is 1.62. The molecule has 1 amide bonds. The molecular formula is C20H24FN5O2. The van der Waals surface area contributed by atoms with E-state index in [9.17, 15) is 9.18 Å². The van der Waals surface area contributed by atoms with Crippen LogP contribution in [0.5, 0.6) is 5.75 Å². The van der Waals surface area contributed by atoms with Gasteiger partial charge in [0.05, 0.1) is 18.7 Å². The summed E-state index contributed by atoms with van der Waals surface area (Å²) in [6.07, 6.45) is 4.86. The second kappa shape index (κ2) is 7.26. The van der Waals surface area contributed by atoms with Gasteiger partial charge in [-0.1, -0.05) is 12.1 Å². The number of carbonyl (C=O) groups excluding carboxylic acids is 1. The third-order valence-electron chi connectivity index (χ3n) is 5.63. The van der Waals surface area contributed by atoms with Crippen molar-refractivity contribution in [1.82, 2.24) is 15.3 Å². The summed E-state index contributed by atoms with van der Waals surface area (Å²) in [5.74, 6) is 0.324. The predicted octanol–water partition coefficient (Wildman–Crippen LogP) is 1.92. The van der Waals surface area contributed by atoms with Gasteiger partial charge in [-0.3, -0.25) is 4.79 Å². The molecule has 1 aromatic heterocycles. The van der Waals surface area contributed by atoms with Crippen molar-refractivity contribution >= 4 is 17.7 Å². The first-order chi connectivity index (χ1) is 13.5. The predicted molar refractivity (Wildman–Crippen MR) is 104 cm³/mol. The first-order valence-corrected chi connectivity index (χ1v) is 9.46. The van der Waals surface area contributed by atoms with Crippen molar-refractivity contribution in [2.24, 2.45) is 5.41 Å². The van der Waals surface area contributed by atoms with Gasteiger partial charge in [0.15, 0.2) is 11.6 Å². The highest BCUT2D eigenvalue weighted by Crippen LogP contribution is 2.38. The Labute approximate surface area is 163 Å². The highest BCUT2D eigenvalue weighted by molar-refractivity contribution is 5.86. The molecule has 2 aliphatic rings. The molecule has 0 bridgehead atoms. The lowest BCUT2D eigenvalue weighted by Crippen LogP contribution is -2.66. The van der Waals surface area contributed by atoms with Crippen LogP contribution < -0.4 is 20.7 Å². The van der Waals surface area contributed by atoms with Crippen LogP contribution in [-0.4, -0.2) is 42.1 Å². The smallest absolute Gasteiger partial charge is 0.230 e. The number of hydrogen-bond acceptors (Lipinski definition) is 6. The van der Waals surface area contributed by atoms with Crippen molar-refractivity contribution in [2.45, 2.75) is 31.7 Å². The van der Waals surface area contributed by atoms with Crippen LogP contribution in [0.3, 0.4) is 0 Å². The van der Waals surface area contributed by atoms with E-state index in [0.717, 1.165) is 36.8 Å². The van der Waals surface area contributed by atoms with Gasteiger partial charge in [-0.05, 0) is 43.4 Å². The second-order valence-electron chi connectivity index (χ2n) is 7.67. The standard InChI is InChI=1S/C20H24FN5O2/c1-28-15-7-2-4-13(8-15)9-20(18(27)24-14-5-3-6-14)11-26(12-20)19-23-10-16(21)17(22)25-19/h2,4,7-8,10,14H,3,5-6,9,11-12H2,1H3,(H,24,27)(H2,22,23,25). The van der Waals surface area contributed by atoms with Gasteiger partial charge >= 0.3 is 0 Å². The maximum absolute atomic E-state index is 13.4. The van der Waals surface area contributed by atoms with Gasteiger partial charge in [-0.15, -0.1) is 0 Å². The fourth-order valence-electron chi connectivity index (χ4n) is 3.75. The highest BCUT2D eigenvalue weighted by Gasteiger charge is 2.50. The zero-order valence-electron chi connectivity index (χ0n) is 15.8. The topological polar surface area (TPSA) is 93.4 Å². The van der Waals surface area contributed by atoms with Crippen molar-refractivity contribution in [3.8, 4) is 5.75 Å². The van der Waals surface area contributed by atoms with Crippen LogP contribution in [0.15, 0.2) is 30.5 Å². The highest BCUT2D eigenvalue weighted by atomic mass is 19.1. The minimum Gasteiger partial charge on any atom is -0.497 e. The number of ether oxygens (including phenoxy) is 1. The van der Waals surface area contributed by atoms with E-state index in [1.54, 1.807) is 7.11 Å². The summed E-state index contributed by atoms with van der Waals surface area (Å²) in [6, 6.07) is 8.02. The Morgan fingerprint density at radius 1 is 1.43 bits per heavy atom. The zero-order chi connectivity index (χ0) is 19.7. The number of methoxy groups -OCH3 is 1. The lowest BCUT2D eigenvalue weighted by Gasteiger charge is -2.49. The number of nitrogen functional groups attached to an aromatic ring is 1. The SMILES string of the molecule is COc1cccc(CC2(C(=O)NC3CCC3)CN(c3ncc(F)c(N)n3)C2)c1. The zero-order valence-corrected chi connectivity index (χ0v) is 15.8. The molecule has 1 saturated carbocycles. The van der Waals surface area contributed by atoms with Crippen molar-refractivity contribution in [2.75, 3.05) is 30.8 Å². The molecule has 1 saturated heterocycles. The summed E-state index contributed by atoms with van der Waals surface area (Å²) < 4.78 is 18.7. The number of amides is 1. The van der Waals surface area contributed by atoms with Crippen molar-refractivity contribution < 1.29 is 13.9 Å². The van der Waals surface area contributed by atoms with Gasteiger partial charge in [0.2, 0.25) is 11.9 Å². The lowest BCUT2D eigenvalue weighted by molar-refractivity contribution is -0.134. The van der Waals surface area contributed by atoms with Gasteiger partial charge in [-0.2, -0.15) is 4.98 Å². The first-order valence-electron chi connectivity index (χ1n) is 9.46. The van der Waals surface area contributed by atoms with Crippen molar-refractivity contribution in [3.05, 3.63) is 41.8 Å². The summed E-state index contributed by atoms with van der Waals surface area (Å²) in [4.78, 5) is 23.0. The molecule has 1 aliphatic heterocycles. The van der Waals surface area contributed by atoms with Crippen molar-refractivity contribution in [1.29, 1.82) is 0 Å². The van der Waals surface area contributed by atoms with E-state index in [1.165, 1.54) is 0 Å². The molecule has 3 N–H and O–H groups in total. The van der Waals surface area contributed by atoms with Crippen molar-refractivity contribution in [3.63, 3.8) is 0 Å². The fourth-order valence-corrected chi connectivity index (χ4v) is 3.75. The molecule has 2 aromatic rings. The number of aromatic nitrogens is 2. The Kier molecular flexibility index (Phi) is 4.78. The molecule has 4 rings (SSSR count). The van der Waals surface area contributed by atoms with Crippen LogP contribution in [0.1, 0.15) is 24.8 Å². The Morgan fingerprint density at radius 3 is 2.86 bits per heavy atom. The van der Waals surface area contributed by atoms with Crippen LogP contribution in [0, 0.1) is 11.2 Å².